The highest BCUT2D eigenvalue weighted by molar-refractivity contribution is 5.94. The second-order valence-electron chi connectivity index (χ2n) is 5.94. The largest absolute Gasteiger partial charge is 0.483 e. The summed E-state index contributed by atoms with van der Waals surface area (Å²) in [5.74, 6) is 1.72. The van der Waals surface area contributed by atoms with E-state index in [2.05, 4.69) is 44.3 Å². The summed E-state index contributed by atoms with van der Waals surface area (Å²) in [5, 5.41) is 0. The molecule has 0 fully saturated rings. The SMILES string of the molecule is C=CC(C)(C)C[C@@H]1N=C(OC)C(C(C)C)N=C1OC. The summed E-state index contributed by atoms with van der Waals surface area (Å²) in [4.78, 5) is 9.34. The zero-order chi connectivity index (χ0) is 14.6. The van der Waals surface area contributed by atoms with Gasteiger partial charge in [0, 0.05) is 0 Å². The molecule has 0 N–H and O–H groups in total. The summed E-state index contributed by atoms with van der Waals surface area (Å²) in [7, 11) is 3.30. The van der Waals surface area contributed by atoms with Crippen LogP contribution in [0.25, 0.3) is 0 Å². The maximum atomic E-state index is 5.42. The second-order valence-corrected chi connectivity index (χ2v) is 5.94. The molecular formula is C15H26N2O2. The third-order valence-corrected chi connectivity index (χ3v) is 3.41. The number of methoxy groups -OCH3 is 2. The van der Waals surface area contributed by atoms with Crippen LogP contribution in [0, 0.1) is 11.3 Å². The zero-order valence-corrected chi connectivity index (χ0v) is 12.9. The van der Waals surface area contributed by atoms with E-state index < -0.39 is 0 Å². The molecule has 0 saturated heterocycles. The van der Waals surface area contributed by atoms with E-state index in [1.165, 1.54) is 0 Å². The van der Waals surface area contributed by atoms with Crippen LogP contribution in [-0.4, -0.2) is 38.1 Å². The summed E-state index contributed by atoms with van der Waals surface area (Å²) in [6.07, 6.45) is 2.75. The molecule has 0 aromatic carbocycles. The van der Waals surface area contributed by atoms with E-state index in [0.717, 1.165) is 6.42 Å². The van der Waals surface area contributed by atoms with E-state index in [9.17, 15) is 0 Å². The van der Waals surface area contributed by atoms with Crippen molar-refractivity contribution in [1.29, 1.82) is 0 Å². The first-order valence-corrected chi connectivity index (χ1v) is 6.71. The fraction of sp³-hybridized carbons (Fsp3) is 0.733. The van der Waals surface area contributed by atoms with Gasteiger partial charge in [-0.25, -0.2) is 9.98 Å². The van der Waals surface area contributed by atoms with Gasteiger partial charge in [0.1, 0.15) is 12.1 Å². The molecule has 2 atom stereocenters. The first-order chi connectivity index (χ1) is 8.84. The van der Waals surface area contributed by atoms with Gasteiger partial charge in [-0.1, -0.05) is 33.8 Å². The molecule has 1 heterocycles. The lowest BCUT2D eigenvalue weighted by Gasteiger charge is -2.30. The van der Waals surface area contributed by atoms with Crippen molar-refractivity contribution in [2.75, 3.05) is 14.2 Å². The van der Waals surface area contributed by atoms with Gasteiger partial charge >= 0.3 is 0 Å². The molecule has 0 aromatic rings. The molecule has 1 rings (SSSR count). The number of hydrogen-bond acceptors (Lipinski definition) is 4. The van der Waals surface area contributed by atoms with E-state index in [4.69, 9.17) is 9.47 Å². The van der Waals surface area contributed by atoms with Crippen molar-refractivity contribution in [1.82, 2.24) is 0 Å². The highest BCUT2D eigenvalue weighted by atomic mass is 16.5. The molecule has 0 bridgehead atoms. The van der Waals surface area contributed by atoms with Crippen molar-refractivity contribution < 1.29 is 9.47 Å². The number of nitrogens with zero attached hydrogens (tertiary/aromatic N) is 2. The van der Waals surface area contributed by atoms with Crippen LogP contribution in [0.1, 0.15) is 34.1 Å². The Bertz CT molecular complexity index is 384. The van der Waals surface area contributed by atoms with Crippen LogP contribution in [-0.2, 0) is 9.47 Å². The van der Waals surface area contributed by atoms with E-state index in [1.807, 2.05) is 6.08 Å². The Labute approximate surface area is 116 Å². The highest BCUT2D eigenvalue weighted by Crippen LogP contribution is 2.28. The molecule has 108 valence electrons. The van der Waals surface area contributed by atoms with Crippen LogP contribution in [0.5, 0.6) is 0 Å². The number of aliphatic imine (C=N–C) groups is 2. The van der Waals surface area contributed by atoms with Gasteiger partial charge in [-0.2, -0.15) is 0 Å². The molecule has 0 radical (unpaired) electrons. The van der Waals surface area contributed by atoms with Gasteiger partial charge in [0.05, 0.1) is 14.2 Å². The predicted molar refractivity (Wildman–Crippen MR) is 79.9 cm³/mol. The topological polar surface area (TPSA) is 43.2 Å². The van der Waals surface area contributed by atoms with Crippen molar-refractivity contribution in [2.45, 2.75) is 46.2 Å². The average molecular weight is 266 g/mol. The predicted octanol–water partition coefficient (Wildman–Crippen LogP) is 3.09. The summed E-state index contributed by atoms with van der Waals surface area (Å²) < 4.78 is 10.8. The number of allylic oxidation sites excluding steroid dienone is 1. The van der Waals surface area contributed by atoms with Gasteiger partial charge in [-0.3, -0.25) is 0 Å². The Balaban J connectivity index is 3.02. The summed E-state index contributed by atoms with van der Waals surface area (Å²) in [5.41, 5.74) is -0.0169. The number of hydrogen-bond donors (Lipinski definition) is 0. The fourth-order valence-electron chi connectivity index (χ4n) is 2.07. The smallest absolute Gasteiger partial charge is 0.209 e. The first kappa shape index (κ1) is 15.7. The molecule has 1 unspecified atom stereocenters. The summed E-state index contributed by atoms with van der Waals surface area (Å²) >= 11 is 0. The minimum atomic E-state index is -0.0945. The van der Waals surface area contributed by atoms with E-state index in [-0.39, 0.29) is 17.5 Å². The van der Waals surface area contributed by atoms with Crippen molar-refractivity contribution in [3.05, 3.63) is 12.7 Å². The Morgan fingerprint density at radius 2 is 1.79 bits per heavy atom. The van der Waals surface area contributed by atoms with Crippen molar-refractivity contribution in [3.8, 4) is 0 Å². The first-order valence-electron chi connectivity index (χ1n) is 6.71. The van der Waals surface area contributed by atoms with E-state index in [1.54, 1.807) is 14.2 Å². The Kier molecular flexibility index (Phi) is 5.15. The quantitative estimate of drug-likeness (QED) is 0.734. The molecule has 0 amide bonds. The van der Waals surface area contributed by atoms with Gasteiger partial charge in [0.2, 0.25) is 11.8 Å². The molecule has 4 heteroatoms. The van der Waals surface area contributed by atoms with Gasteiger partial charge in [0.15, 0.2) is 0 Å². The monoisotopic (exact) mass is 266 g/mol. The minimum Gasteiger partial charge on any atom is -0.483 e. The van der Waals surface area contributed by atoms with Gasteiger partial charge in [-0.15, -0.1) is 6.58 Å². The van der Waals surface area contributed by atoms with Crippen molar-refractivity contribution >= 4 is 11.8 Å². The standard InChI is InChI=1S/C15H26N2O2/c1-8-15(4,5)9-11-13(18-6)17-12(10(2)3)14(16-11)19-7/h8,10-12H,1,9H2,2-7H3/t11-,12?/m0/s1. The molecule has 0 saturated carbocycles. The van der Waals surface area contributed by atoms with Crippen LogP contribution >= 0.6 is 0 Å². The minimum absolute atomic E-state index is 0.0169. The van der Waals surface area contributed by atoms with Gasteiger partial charge in [0.25, 0.3) is 0 Å². The summed E-state index contributed by atoms with van der Waals surface area (Å²) in [6, 6.07) is -0.147. The van der Waals surface area contributed by atoms with Gasteiger partial charge < -0.3 is 9.47 Å². The molecule has 1 aliphatic heterocycles. The molecule has 19 heavy (non-hydrogen) atoms. The average Bonchev–Trinajstić information content (AvgIpc) is 2.37. The Hall–Kier alpha value is -1.32. The lowest BCUT2D eigenvalue weighted by atomic mass is 9.85. The third kappa shape index (κ3) is 3.82. The van der Waals surface area contributed by atoms with E-state index >= 15 is 0 Å². The van der Waals surface area contributed by atoms with Crippen LogP contribution < -0.4 is 0 Å². The molecule has 0 aliphatic carbocycles. The summed E-state index contributed by atoms with van der Waals surface area (Å²) in [6.45, 7) is 12.3. The normalized spacial score (nSPS) is 23.7. The molecular weight excluding hydrogens is 240 g/mol. The second kappa shape index (κ2) is 6.22. The zero-order valence-electron chi connectivity index (χ0n) is 12.9. The molecule has 0 spiro atoms. The van der Waals surface area contributed by atoms with Crippen LogP contribution in [0.2, 0.25) is 0 Å². The van der Waals surface area contributed by atoms with E-state index in [0.29, 0.717) is 17.7 Å². The number of rotatable bonds is 4. The third-order valence-electron chi connectivity index (χ3n) is 3.41. The lowest BCUT2D eigenvalue weighted by Crippen LogP contribution is -2.39. The van der Waals surface area contributed by atoms with Crippen molar-refractivity contribution in [2.24, 2.45) is 21.3 Å². The molecule has 1 aliphatic rings. The highest BCUT2D eigenvalue weighted by Gasteiger charge is 2.33. The van der Waals surface area contributed by atoms with Crippen LogP contribution in [0.3, 0.4) is 0 Å². The van der Waals surface area contributed by atoms with Gasteiger partial charge in [-0.05, 0) is 17.8 Å². The lowest BCUT2D eigenvalue weighted by molar-refractivity contribution is 0.314. The molecule has 4 nitrogen and oxygen atoms in total. The maximum absolute atomic E-state index is 5.42. The maximum Gasteiger partial charge on any atom is 0.209 e. The van der Waals surface area contributed by atoms with Crippen LogP contribution in [0.15, 0.2) is 22.6 Å². The van der Waals surface area contributed by atoms with Crippen molar-refractivity contribution in [3.63, 3.8) is 0 Å². The fourth-order valence-corrected chi connectivity index (χ4v) is 2.07. The number of ether oxygens (including phenoxy) is 2. The molecule has 0 aromatic heterocycles. The Morgan fingerprint density at radius 3 is 2.21 bits per heavy atom. The Morgan fingerprint density at radius 1 is 1.21 bits per heavy atom. The van der Waals surface area contributed by atoms with Crippen LogP contribution in [0.4, 0.5) is 0 Å².